The summed E-state index contributed by atoms with van der Waals surface area (Å²) in [4.78, 5) is 40.0. The van der Waals surface area contributed by atoms with E-state index in [2.05, 4.69) is 31.8 Å². The first-order valence-corrected chi connectivity index (χ1v) is 26.9. The normalized spacial score (nSPS) is 19.4. The van der Waals surface area contributed by atoms with Crippen molar-refractivity contribution in [1.82, 2.24) is 29.7 Å². The zero-order valence-corrected chi connectivity index (χ0v) is 45.1. The maximum atomic E-state index is 14.5. The second-order valence-corrected chi connectivity index (χ2v) is 20.3. The summed E-state index contributed by atoms with van der Waals surface area (Å²) < 4.78 is 69.5. The fourth-order valence-electron chi connectivity index (χ4n) is 9.13. The number of anilines is 1. The van der Waals surface area contributed by atoms with Gasteiger partial charge in [0.15, 0.2) is 5.75 Å². The van der Waals surface area contributed by atoms with Crippen molar-refractivity contribution in [3.05, 3.63) is 99.3 Å². The van der Waals surface area contributed by atoms with Crippen LogP contribution < -0.4 is 23.8 Å². The van der Waals surface area contributed by atoms with E-state index in [1.165, 1.54) is 29.8 Å². The van der Waals surface area contributed by atoms with Crippen LogP contribution >= 0.6 is 34.5 Å². The highest BCUT2D eigenvalue weighted by atomic mass is 35.5. The molecule has 10 rings (SSSR count). The number of thiophene rings is 1. The summed E-state index contributed by atoms with van der Waals surface area (Å²) in [5.74, 6) is -0.0536. The molecule has 3 aromatic heterocycles. The molecule has 3 aromatic carbocycles. The van der Waals surface area contributed by atoms with Gasteiger partial charge in [0.05, 0.1) is 87.2 Å². The van der Waals surface area contributed by atoms with Crippen LogP contribution in [0.4, 0.5) is 10.3 Å². The molecule has 0 unspecified atom stereocenters. The smallest absolute Gasteiger partial charge is 0.345 e. The number of aliphatic carboxylic acids is 1. The molecule has 2 fully saturated rings. The van der Waals surface area contributed by atoms with Gasteiger partial charge in [-0.05, 0) is 79.5 Å². The van der Waals surface area contributed by atoms with Gasteiger partial charge in [-0.25, -0.2) is 29.1 Å². The van der Waals surface area contributed by atoms with Crippen LogP contribution in [0.3, 0.4) is 0 Å². The van der Waals surface area contributed by atoms with Crippen molar-refractivity contribution < 1.29 is 56.9 Å². The molecule has 0 radical (unpaired) electrons. The summed E-state index contributed by atoms with van der Waals surface area (Å²) in [7, 11) is 2.10. The predicted molar refractivity (Wildman–Crippen MR) is 286 cm³/mol. The van der Waals surface area contributed by atoms with Gasteiger partial charge in [0.25, 0.3) is 0 Å². The van der Waals surface area contributed by atoms with Crippen LogP contribution in [-0.4, -0.2) is 179 Å². The summed E-state index contributed by atoms with van der Waals surface area (Å²) in [6.45, 7) is 13.1. The third-order valence-corrected chi connectivity index (χ3v) is 15.3. The maximum absolute atomic E-state index is 14.5. The first kappa shape index (κ1) is 55.2. The van der Waals surface area contributed by atoms with E-state index in [1.54, 1.807) is 42.6 Å². The van der Waals surface area contributed by atoms with Gasteiger partial charge < -0.3 is 57.5 Å². The molecule has 4 bridgehead atoms. The van der Waals surface area contributed by atoms with E-state index in [9.17, 15) is 14.3 Å². The third-order valence-electron chi connectivity index (χ3n) is 13.2. The molecule has 4 aliphatic rings. The first-order chi connectivity index (χ1) is 37.0. The Bertz CT molecular complexity index is 2870. The Morgan fingerprint density at radius 3 is 2.08 bits per heavy atom. The van der Waals surface area contributed by atoms with Gasteiger partial charge in [0.2, 0.25) is 17.9 Å². The van der Waals surface area contributed by atoms with Crippen LogP contribution in [0.1, 0.15) is 22.4 Å². The minimum atomic E-state index is -1.49. The fourth-order valence-corrected chi connectivity index (χ4v) is 10.8. The highest BCUT2D eigenvalue weighted by molar-refractivity contribution is 7.22. The van der Waals surface area contributed by atoms with Gasteiger partial charge in [-0.3, -0.25) is 4.90 Å². The Kier molecular flexibility index (Phi) is 19.4. The van der Waals surface area contributed by atoms with E-state index in [-0.39, 0.29) is 35.6 Å². The molecule has 76 heavy (non-hydrogen) atoms. The minimum absolute atomic E-state index is 0.00981. The standard InChI is InChI=1S/C54H62Cl2FN7O11S/c1-34-44-35(2)48(56)49(47(34)55)74-41(30-63-14-12-62(3)13-15-63)32-72-40-8-9-42(73-31-39-10-11-58-54(61-39)64-16-18-67-20-22-69-24-26-71-27-25-70-23-21-68-19-17-64)37(28-40)29-43(53(65)66)75-51-46-45(44)50(76-52(46)60-33-59-51)36-4-6-38(57)7-5-36/h4-11,28,33,41,43H,12-27,29-32H2,1-3H3,(H,65,66)/t41-,43-/m1/s1. The third kappa shape index (κ3) is 14.0. The van der Waals surface area contributed by atoms with E-state index in [0.717, 1.165) is 26.2 Å². The number of nitrogens with zero attached hydrogens (tertiary/aromatic N) is 7. The fraction of sp³-hybridized carbons (Fsp3) is 0.463. The highest BCUT2D eigenvalue weighted by Gasteiger charge is 2.32. The molecule has 6 aromatic rings. The van der Waals surface area contributed by atoms with Gasteiger partial charge in [-0.2, -0.15) is 0 Å². The average molecular weight is 1110 g/mol. The van der Waals surface area contributed by atoms with Crippen molar-refractivity contribution >= 4 is 56.7 Å². The molecule has 18 nitrogen and oxygen atoms in total. The SMILES string of the molecule is Cc1c(Cl)c2c(Cl)c(C)c1-c1c(-c3ccc(F)cc3)sc3ncnc(c13)O[C@@H](C(=O)O)Cc1cc(ccc1OCc1ccnc(N3CCOCCOCCOCCOCCOCC3)n1)OC[C@@H](CN1CCN(C)CC1)O2. The lowest BCUT2D eigenvalue weighted by Crippen LogP contribution is -2.49. The van der Waals surface area contributed by atoms with Gasteiger partial charge in [0.1, 0.15) is 47.8 Å². The lowest BCUT2D eigenvalue weighted by Gasteiger charge is -2.35. The number of hydrogen-bond donors (Lipinski definition) is 1. The lowest BCUT2D eigenvalue weighted by molar-refractivity contribution is -0.145. The second-order valence-electron chi connectivity index (χ2n) is 18.5. The molecule has 4 aliphatic heterocycles. The number of hydrogen-bond acceptors (Lipinski definition) is 18. The van der Waals surface area contributed by atoms with Gasteiger partial charge in [-0.1, -0.05) is 35.3 Å². The van der Waals surface area contributed by atoms with E-state index in [0.29, 0.717) is 163 Å². The summed E-state index contributed by atoms with van der Waals surface area (Å²) in [6, 6.07) is 13.1. The molecule has 7 heterocycles. The van der Waals surface area contributed by atoms with Crippen LogP contribution in [0, 0.1) is 19.7 Å². The minimum Gasteiger partial charge on any atom is -0.490 e. The summed E-state index contributed by atoms with van der Waals surface area (Å²) in [6.07, 6.45) is 0.778. The molecular weight excluding hydrogens is 1040 g/mol. The quantitative estimate of drug-likeness (QED) is 0.156. The second kappa shape index (κ2) is 26.7. The topological polar surface area (TPSA) is 182 Å². The van der Waals surface area contributed by atoms with E-state index < -0.39 is 24.0 Å². The molecule has 1 N–H and O–H groups in total. The number of carboxylic acids is 1. The Balaban J connectivity index is 1.06. The monoisotopic (exact) mass is 1110 g/mol. The zero-order chi connectivity index (χ0) is 53.0. The molecule has 2 atom stereocenters. The number of ether oxygens (including phenoxy) is 9. The van der Waals surface area contributed by atoms with Crippen LogP contribution in [0.15, 0.2) is 61.1 Å². The van der Waals surface area contributed by atoms with Crippen molar-refractivity contribution in [2.75, 3.05) is 130 Å². The maximum Gasteiger partial charge on any atom is 0.345 e. The van der Waals surface area contributed by atoms with E-state index >= 15 is 0 Å². The number of halogens is 3. The summed E-state index contributed by atoms with van der Waals surface area (Å²) in [5, 5.41) is 12.0. The number of aromatic nitrogens is 4. The van der Waals surface area contributed by atoms with Gasteiger partial charge in [-0.15, -0.1) is 11.3 Å². The Labute approximate surface area is 454 Å². The number of benzene rings is 3. The molecule has 0 saturated carbocycles. The lowest BCUT2D eigenvalue weighted by atomic mass is 9.92. The van der Waals surface area contributed by atoms with Crippen molar-refractivity contribution in [3.63, 3.8) is 0 Å². The molecule has 0 amide bonds. The van der Waals surface area contributed by atoms with Crippen molar-refractivity contribution in [2.24, 2.45) is 0 Å². The van der Waals surface area contributed by atoms with Crippen LogP contribution in [0.25, 0.3) is 31.8 Å². The number of likely N-dealkylation sites (N-methyl/N-ethyl adjacent to an activating group) is 1. The first-order valence-electron chi connectivity index (χ1n) is 25.3. The van der Waals surface area contributed by atoms with E-state index in [4.69, 9.17) is 70.8 Å². The molecule has 0 aliphatic carbocycles. The van der Waals surface area contributed by atoms with Crippen molar-refractivity contribution in [2.45, 2.75) is 39.1 Å². The Morgan fingerprint density at radius 1 is 0.789 bits per heavy atom. The largest absolute Gasteiger partial charge is 0.490 e. The number of carbonyl (C=O) groups is 1. The number of piperazine rings is 1. The number of rotatable bonds is 8. The highest BCUT2D eigenvalue weighted by Crippen LogP contribution is 2.53. The van der Waals surface area contributed by atoms with E-state index in [1.807, 2.05) is 18.7 Å². The zero-order valence-electron chi connectivity index (χ0n) is 42.8. The molecular formula is C54H62Cl2FN7O11S. The van der Waals surface area contributed by atoms with Crippen LogP contribution in [-0.2, 0) is 41.5 Å². The average Bonchev–Trinajstić information content (AvgIpc) is 3.88. The molecule has 406 valence electrons. The summed E-state index contributed by atoms with van der Waals surface area (Å²) in [5.41, 5.74) is 4.28. The Morgan fingerprint density at radius 2 is 1.43 bits per heavy atom. The van der Waals surface area contributed by atoms with Gasteiger partial charge in [0, 0.05) is 74.4 Å². The molecule has 2 saturated heterocycles. The summed E-state index contributed by atoms with van der Waals surface area (Å²) >= 11 is 16.0. The van der Waals surface area contributed by atoms with Crippen LogP contribution in [0.2, 0.25) is 10.0 Å². The number of fused-ring (bicyclic) bond motifs is 7. The number of carboxylic acid groups (broad SMARTS) is 1. The predicted octanol–water partition coefficient (Wildman–Crippen LogP) is 7.82. The Hall–Kier alpha value is -5.52. The van der Waals surface area contributed by atoms with Crippen molar-refractivity contribution in [3.8, 4) is 44.7 Å². The molecule has 22 heteroatoms. The van der Waals surface area contributed by atoms with Crippen LogP contribution in [0.5, 0.6) is 23.1 Å². The molecule has 0 spiro atoms. The van der Waals surface area contributed by atoms with Crippen molar-refractivity contribution in [1.29, 1.82) is 0 Å². The van der Waals surface area contributed by atoms with Gasteiger partial charge >= 0.3 is 5.97 Å².